The van der Waals surface area contributed by atoms with E-state index in [2.05, 4.69) is 19.2 Å². The standard InChI is InChI=1S/C20H29N3OS2/c1-12-13(2)26-19-16(12)18(25-11-15(24)23-20(3,4)5)21-17(22-19)14-9-7-6-8-10-14/h14H,6-11H2,1-5H3,(H,23,24). The Morgan fingerprint density at radius 2 is 1.88 bits per heavy atom. The second-order valence-corrected chi connectivity index (χ2v) is 10.4. The molecule has 142 valence electrons. The van der Waals surface area contributed by atoms with Crippen LogP contribution in [-0.2, 0) is 4.79 Å². The minimum atomic E-state index is -0.208. The molecular formula is C20H29N3OS2. The van der Waals surface area contributed by atoms with Gasteiger partial charge in [0.25, 0.3) is 0 Å². The molecule has 1 aliphatic rings. The van der Waals surface area contributed by atoms with Gasteiger partial charge in [0.1, 0.15) is 15.7 Å². The molecule has 2 aromatic heterocycles. The summed E-state index contributed by atoms with van der Waals surface area (Å²) in [4.78, 5) is 24.5. The predicted molar refractivity (Wildman–Crippen MR) is 111 cm³/mol. The van der Waals surface area contributed by atoms with Gasteiger partial charge in [-0.15, -0.1) is 11.3 Å². The maximum Gasteiger partial charge on any atom is 0.230 e. The molecule has 0 unspecified atom stereocenters. The monoisotopic (exact) mass is 391 g/mol. The molecule has 0 spiro atoms. The number of nitrogens with one attached hydrogen (secondary N) is 1. The third kappa shape index (κ3) is 4.58. The Morgan fingerprint density at radius 3 is 2.54 bits per heavy atom. The normalized spacial score (nSPS) is 16.2. The average Bonchev–Trinajstić information content (AvgIpc) is 2.86. The lowest BCUT2D eigenvalue weighted by atomic mass is 9.89. The summed E-state index contributed by atoms with van der Waals surface area (Å²) in [5.41, 5.74) is 1.04. The van der Waals surface area contributed by atoms with Gasteiger partial charge in [0.15, 0.2) is 0 Å². The van der Waals surface area contributed by atoms with Gasteiger partial charge in [-0.05, 0) is 53.0 Å². The Balaban J connectivity index is 1.89. The Morgan fingerprint density at radius 1 is 1.19 bits per heavy atom. The summed E-state index contributed by atoms with van der Waals surface area (Å²) in [6.45, 7) is 10.3. The molecule has 0 radical (unpaired) electrons. The molecule has 0 aromatic carbocycles. The van der Waals surface area contributed by atoms with Crippen molar-refractivity contribution in [2.45, 2.75) is 83.2 Å². The zero-order chi connectivity index (χ0) is 18.9. The number of hydrogen-bond donors (Lipinski definition) is 1. The molecule has 6 heteroatoms. The van der Waals surface area contributed by atoms with Crippen LogP contribution in [0.1, 0.15) is 75.1 Å². The van der Waals surface area contributed by atoms with Crippen molar-refractivity contribution in [1.82, 2.24) is 15.3 Å². The largest absolute Gasteiger partial charge is 0.351 e. The van der Waals surface area contributed by atoms with Gasteiger partial charge in [-0.3, -0.25) is 4.79 Å². The first-order valence-electron chi connectivity index (χ1n) is 9.46. The lowest BCUT2D eigenvalue weighted by Gasteiger charge is -2.21. The van der Waals surface area contributed by atoms with Crippen LogP contribution in [0.15, 0.2) is 5.03 Å². The van der Waals surface area contributed by atoms with E-state index in [1.54, 1.807) is 23.1 Å². The number of amides is 1. The van der Waals surface area contributed by atoms with Crippen LogP contribution in [0.2, 0.25) is 0 Å². The molecule has 2 heterocycles. The Labute approximate surface area is 164 Å². The minimum Gasteiger partial charge on any atom is -0.351 e. The topological polar surface area (TPSA) is 54.9 Å². The van der Waals surface area contributed by atoms with E-state index in [0.29, 0.717) is 11.7 Å². The van der Waals surface area contributed by atoms with E-state index in [-0.39, 0.29) is 11.4 Å². The fourth-order valence-corrected chi connectivity index (χ4v) is 5.46. The van der Waals surface area contributed by atoms with Crippen LogP contribution in [0.3, 0.4) is 0 Å². The van der Waals surface area contributed by atoms with Crippen molar-refractivity contribution >= 4 is 39.2 Å². The molecular weight excluding hydrogens is 362 g/mol. The number of fused-ring (bicyclic) bond motifs is 1. The molecule has 1 amide bonds. The average molecular weight is 392 g/mol. The van der Waals surface area contributed by atoms with Gasteiger partial charge in [-0.25, -0.2) is 9.97 Å². The van der Waals surface area contributed by atoms with Crippen LogP contribution in [0.25, 0.3) is 10.2 Å². The van der Waals surface area contributed by atoms with Crippen molar-refractivity contribution in [2.24, 2.45) is 0 Å². The van der Waals surface area contributed by atoms with Crippen molar-refractivity contribution in [1.29, 1.82) is 0 Å². The summed E-state index contributed by atoms with van der Waals surface area (Å²) in [5, 5.41) is 5.15. The maximum atomic E-state index is 12.3. The third-order valence-corrected chi connectivity index (χ3v) is 6.91. The molecule has 4 nitrogen and oxygen atoms in total. The number of aryl methyl sites for hydroxylation is 2. The molecule has 1 saturated carbocycles. The number of thiophene rings is 1. The molecule has 0 atom stereocenters. The lowest BCUT2D eigenvalue weighted by Crippen LogP contribution is -2.41. The van der Waals surface area contributed by atoms with Crippen LogP contribution >= 0.6 is 23.1 Å². The highest BCUT2D eigenvalue weighted by Crippen LogP contribution is 2.38. The van der Waals surface area contributed by atoms with Crippen molar-refractivity contribution < 1.29 is 4.79 Å². The summed E-state index contributed by atoms with van der Waals surface area (Å²) < 4.78 is 0. The van der Waals surface area contributed by atoms with Gasteiger partial charge in [0.2, 0.25) is 5.91 Å². The SMILES string of the molecule is Cc1sc2nc(C3CCCCC3)nc(SCC(=O)NC(C)(C)C)c2c1C. The highest BCUT2D eigenvalue weighted by molar-refractivity contribution is 8.00. The van der Waals surface area contributed by atoms with Crippen molar-refractivity contribution in [3.05, 3.63) is 16.3 Å². The first-order valence-corrected chi connectivity index (χ1v) is 11.3. The van der Waals surface area contributed by atoms with Crippen LogP contribution in [0, 0.1) is 13.8 Å². The summed E-state index contributed by atoms with van der Waals surface area (Å²) >= 11 is 3.30. The summed E-state index contributed by atoms with van der Waals surface area (Å²) in [7, 11) is 0. The van der Waals surface area contributed by atoms with E-state index in [1.165, 1.54) is 42.5 Å². The van der Waals surface area contributed by atoms with Gasteiger partial charge in [0, 0.05) is 21.7 Å². The number of hydrogen-bond acceptors (Lipinski definition) is 5. The molecule has 1 N–H and O–H groups in total. The van der Waals surface area contributed by atoms with Crippen LogP contribution in [0.4, 0.5) is 0 Å². The Bertz CT molecular complexity index is 801. The number of carbonyl (C=O) groups is 1. The zero-order valence-corrected chi connectivity index (χ0v) is 18.1. The van der Waals surface area contributed by atoms with Gasteiger partial charge >= 0.3 is 0 Å². The van der Waals surface area contributed by atoms with Gasteiger partial charge in [-0.2, -0.15) is 0 Å². The van der Waals surface area contributed by atoms with Crippen LogP contribution in [-0.4, -0.2) is 27.2 Å². The van der Waals surface area contributed by atoms with Crippen molar-refractivity contribution in [2.75, 3.05) is 5.75 Å². The van der Waals surface area contributed by atoms with E-state index in [1.807, 2.05) is 20.8 Å². The first-order chi connectivity index (χ1) is 12.2. The van der Waals surface area contributed by atoms with Gasteiger partial charge in [0.05, 0.1) is 5.75 Å². The number of nitrogens with zero attached hydrogens (tertiary/aromatic N) is 2. The van der Waals surface area contributed by atoms with Crippen molar-refractivity contribution in [3.8, 4) is 0 Å². The number of thioether (sulfide) groups is 1. The molecule has 1 aliphatic carbocycles. The first kappa shape index (κ1) is 19.6. The maximum absolute atomic E-state index is 12.3. The van der Waals surface area contributed by atoms with E-state index in [0.717, 1.165) is 21.1 Å². The molecule has 2 aromatic rings. The highest BCUT2D eigenvalue weighted by Gasteiger charge is 2.23. The van der Waals surface area contributed by atoms with E-state index in [4.69, 9.17) is 9.97 Å². The molecule has 3 rings (SSSR count). The zero-order valence-electron chi connectivity index (χ0n) is 16.4. The van der Waals surface area contributed by atoms with Gasteiger partial charge < -0.3 is 5.32 Å². The fourth-order valence-electron chi connectivity index (χ4n) is 3.46. The molecule has 0 aliphatic heterocycles. The van der Waals surface area contributed by atoms with Crippen LogP contribution < -0.4 is 5.32 Å². The molecule has 0 bridgehead atoms. The van der Waals surface area contributed by atoms with Gasteiger partial charge in [-0.1, -0.05) is 31.0 Å². The summed E-state index contributed by atoms with van der Waals surface area (Å²) in [6.07, 6.45) is 6.23. The third-order valence-electron chi connectivity index (χ3n) is 4.84. The Hall–Kier alpha value is -1.14. The predicted octanol–water partition coefficient (Wildman–Crippen LogP) is 5.36. The van der Waals surface area contributed by atoms with Crippen LogP contribution in [0.5, 0.6) is 0 Å². The minimum absolute atomic E-state index is 0.0538. The van der Waals surface area contributed by atoms with E-state index < -0.39 is 0 Å². The highest BCUT2D eigenvalue weighted by atomic mass is 32.2. The number of carbonyl (C=O) groups excluding carboxylic acids is 1. The van der Waals surface area contributed by atoms with E-state index in [9.17, 15) is 4.79 Å². The number of rotatable bonds is 4. The fraction of sp³-hybridized carbons (Fsp3) is 0.650. The quantitative estimate of drug-likeness (QED) is 0.563. The number of aromatic nitrogens is 2. The lowest BCUT2D eigenvalue weighted by molar-refractivity contribution is -0.119. The molecule has 0 saturated heterocycles. The second-order valence-electron chi connectivity index (χ2n) is 8.27. The smallest absolute Gasteiger partial charge is 0.230 e. The summed E-state index contributed by atoms with van der Waals surface area (Å²) in [5.74, 6) is 1.90. The van der Waals surface area contributed by atoms with E-state index >= 15 is 0 Å². The molecule has 26 heavy (non-hydrogen) atoms. The Kier molecular flexibility index (Phi) is 5.92. The summed E-state index contributed by atoms with van der Waals surface area (Å²) in [6, 6.07) is 0. The second kappa shape index (κ2) is 7.85. The van der Waals surface area contributed by atoms with Crippen molar-refractivity contribution in [3.63, 3.8) is 0 Å². The molecule has 1 fully saturated rings.